The third-order valence-corrected chi connectivity index (χ3v) is 7.86. The van der Waals surface area contributed by atoms with Crippen molar-refractivity contribution in [3.05, 3.63) is 65.2 Å². The molecule has 5 nitrogen and oxygen atoms in total. The molecule has 0 radical (unpaired) electrons. The molecule has 0 aliphatic rings. The molecule has 0 saturated heterocycles. The van der Waals surface area contributed by atoms with E-state index in [2.05, 4.69) is 13.8 Å². The Morgan fingerprint density at radius 3 is 1.79 bits per heavy atom. The number of carbonyl (C=O) groups excluding carboxylic acids is 2. The molecule has 2 rings (SSSR count). The summed E-state index contributed by atoms with van der Waals surface area (Å²) in [6, 6.07) is 15.5. The molecule has 0 N–H and O–H groups in total. The lowest BCUT2D eigenvalue weighted by Gasteiger charge is -2.34. The van der Waals surface area contributed by atoms with Crippen LogP contribution in [0.2, 0.25) is 0 Å². The first-order valence-corrected chi connectivity index (χ1v) is 13.0. The Morgan fingerprint density at radius 1 is 0.879 bits per heavy atom. The van der Waals surface area contributed by atoms with Crippen molar-refractivity contribution in [1.29, 1.82) is 0 Å². The second-order valence-electron chi connectivity index (χ2n) is 8.14. The summed E-state index contributed by atoms with van der Waals surface area (Å²) in [4.78, 5) is 24.2. The molecular weight excluding hydrogens is 456 g/mol. The highest BCUT2D eigenvalue weighted by Crippen LogP contribution is 2.52. The first kappa shape index (κ1) is 27.1. The Bertz CT molecular complexity index is 915. The highest BCUT2D eigenvalue weighted by molar-refractivity contribution is 8.17. The van der Waals surface area contributed by atoms with E-state index in [1.165, 1.54) is 7.11 Å². The van der Waals surface area contributed by atoms with E-state index in [0.29, 0.717) is 11.3 Å². The van der Waals surface area contributed by atoms with E-state index < -0.39 is 11.6 Å². The van der Waals surface area contributed by atoms with Crippen LogP contribution < -0.4 is 4.74 Å². The zero-order chi connectivity index (χ0) is 24.6. The SMILES string of the molecule is CCSC(SCC)(c1ccc(OC(C)(C)C(=O)OC(C)C)cc1)c1ccc(C(=O)OC)cc1. The standard InChI is InChI=1S/C26H34O5S2/c1-8-32-26(33-9-2,20-12-10-19(11-13-20)23(27)29-7)21-14-16-22(17-15-21)31-25(5,6)24(28)30-18(3)4/h10-18H,8-9H2,1-7H3. The summed E-state index contributed by atoms with van der Waals surface area (Å²) in [6.45, 7) is 11.3. The lowest BCUT2D eigenvalue weighted by atomic mass is 10.0. The number of benzene rings is 2. The van der Waals surface area contributed by atoms with Crippen LogP contribution in [-0.2, 0) is 18.3 Å². The summed E-state index contributed by atoms with van der Waals surface area (Å²) in [5, 5.41) is 0. The minimum absolute atomic E-state index is 0.203. The van der Waals surface area contributed by atoms with E-state index in [-0.39, 0.29) is 16.2 Å². The van der Waals surface area contributed by atoms with Gasteiger partial charge in [0, 0.05) is 0 Å². The molecule has 0 aliphatic heterocycles. The highest BCUT2D eigenvalue weighted by Gasteiger charge is 2.36. The molecule has 0 saturated carbocycles. The lowest BCUT2D eigenvalue weighted by Crippen LogP contribution is -2.40. The quantitative estimate of drug-likeness (QED) is 0.271. The summed E-state index contributed by atoms with van der Waals surface area (Å²) in [6.07, 6.45) is -0.203. The van der Waals surface area contributed by atoms with Gasteiger partial charge in [0.05, 0.1) is 18.8 Å². The molecule has 0 aromatic heterocycles. The summed E-state index contributed by atoms with van der Waals surface area (Å²) in [7, 11) is 1.38. The number of methoxy groups -OCH3 is 1. The molecule has 0 spiro atoms. The van der Waals surface area contributed by atoms with Gasteiger partial charge >= 0.3 is 11.9 Å². The molecule has 2 aromatic carbocycles. The van der Waals surface area contributed by atoms with E-state index in [0.717, 1.165) is 22.6 Å². The largest absolute Gasteiger partial charge is 0.476 e. The number of carbonyl (C=O) groups is 2. The zero-order valence-electron chi connectivity index (χ0n) is 20.5. The van der Waals surface area contributed by atoms with Crippen LogP contribution in [0.5, 0.6) is 5.75 Å². The molecule has 0 fully saturated rings. The summed E-state index contributed by atoms with van der Waals surface area (Å²) in [5.41, 5.74) is 1.64. The van der Waals surface area contributed by atoms with Crippen molar-refractivity contribution in [2.45, 2.75) is 57.3 Å². The topological polar surface area (TPSA) is 61.8 Å². The van der Waals surface area contributed by atoms with Gasteiger partial charge in [-0.15, -0.1) is 23.5 Å². The number of ether oxygens (including phenoxy) is 3. The number of esters is 2. The van der Waals surface area contributed by atoms with Gasteiger partial charge in [-0.1, -0.05) is 38.1 Å². The first-order chi connectivity index (χ1) is 15.6. The van der Waals surface area contributed by atoms with Crippen LogP contribution >= 0.6 is 23.5 Å². The van der Waals surface area contributed by atoms with Crippen molar-refractivity contribution in [2.24, 2.45) is 0 Å². The fourth-order valence-corrected chi connectivity index (χ4v) is 6.39. The molecule has 2 aromatic rings. The number of hydrogen-bond donors (Lipinski definition) is 0. The Kier molecular flexibility index (Phi) is 9.73. The molecule has 0 unspecified atom stereocenters. The van der Waals surface area contributed by atoms with Gasteiger partial charge in [0.15, 0.2) is 5.60 Å². The average molecular weight is 491 g/mol. The zero-order valence-corrected chi connectivity index (χ0v) is 22.1. The van der Waals surface area contributed by atoms with Gasteiger partial charge in [-0.2, -0.15) is 0 Å². The normalized spacial score (nSPS) is 11.9. The molecule has 7 heteroatoms. The van der Waals surface area contributed by atoms with Crippen LogP contribution in [0.15, 0.2) is 48.5 Å². The monoisotopic (exact) mass is 490 g/mol. The maximum atomic E-state index is 12.4. The van der Waals surface area contributed by atoms with Crippen molar-refractivity contribution in [3.63, 3.8) is 0 Å². The third kappa shape index (κ3) is 6.70. The van der Waals surface area contributed by atoms with Crippen molar-refractivity contribution in [2.75, 3.05) is 18.6 Å². The average Bonchev–Trinajstić information content (AvgIpc) is 2.78. The van der Waals surface area contributed by atoms with E-state index in [9.17, 15) is 9.59 Å². The maximum absolute atomic E-state index is 12.4. The Hall–Kier alpha value is -2.12. The van der Waals surface area contributed by atoms with Crippen LogP contribution in [0.1, 0.15) is 63.0 Å². The number of thioether (sulfide) groups is 2. The molecule has 0 atom stereocenters. The predicted molar refractivity (Wildman–Crippen MR) is 137 cm³/mol. The third-order valence-electron chi connectivity index (χ3n) is 4.82. The minimum atomic E-state index is -1.09. The number of rotatable bonds is 11. The maximum Gasteiger partial charge on any atom is 0.350 e. The van der Waals surface area contributed by atoms with E-state index in [1.807, 2.05) is 85.9 Å². The fourth-order valence-electron chi connectivity index (χ4n) is 3.33. The summed E-state index contributed by atoms with van der Waals surface area (Å²) in [5.74, 6) is 1.68. The van der Waals surface area contributed by atoms with Gasteiger partial charge in [0.25, 0.3) is 0 Å². The molecule has 0 aliphatic carbocycles. The smallest absolute Gasteiger partial charge is 0.350 e. The van der Waals surface area contributed by atoms with Crippen molar-refractivity contribution in [1.82, 2.24) is 0 Å². The second kappa shape index (κ2) is 11.8. The Balaban J connectivity index is 2.39. The van der Waals surface area contributed by atoms with Crippen LogP contribution in [0.25, 0.3) is 0 Å². The van der Waals surface area contributed by atoms with Gasteiger partial charge in [-0.25, -0.2) is 9.59 Å². The highest BCUT2D eigenvalue weighted by atomic mass is 32.2. The van der Waals surface area contributed by atoms with Gasteiger partial charge in [-0.3, -0.25) is 0 Å². The van der Waals surface area contributed by atoms with E-state index in [4.69, 9.17) is 14.2 Å². The predicted octanol–water partition coefficient (Wildman–Crippen LogP) is 6.29. The molecular formula is C26H34O5S2. The molecule has 0 amide bonds. The van der Waals surface area contributed by atoms with Crippen molar-refractivity contribution in [3.8, 4) is 5.75 Å². The molecule has 33 heavy (non-hydrogen) atoms. The van der Waals surface area contributed by atoms with Crippen molar-refractivity contribution < 1.29 is 23.8 Å². The van der Waals surface area contributed by atoms with Crippen LogP contribution in [-0.4, -0.2) is 42.3 Å². The fraction of sp³-hybridized carbons (Fsp3) is 0.462. The van der Waals surface area contributed by atoms with Gasteiger partial charge in [0.1, 0.15) is 9.83 Å². The molecule has 0 heterocycles. The lowest BCUT2D eigenvalue weighted by molar-refractivity contribution is -0.163. The van der Waals surface area contributed by atoms with E-state index >= 15 is 0 Å². The summed E-state index contributed by atoms with van der Waals surface area (Å²) >= 11 is 3.67. The Morgan fingerprint density at radius 2 is 1.36 bits per heavy atom. The van der Waals surface area contributed by atoms with Crippen molar-refractivity contribution >= 4 is 35.5 Å². The van der Waals surface area contributed by atoms with E-state index in [1.54, 1.807) is 13.8 Å². The van der Waals surface area contributed by atoms with Gasteiger partial charge in [0.2, 0.25) is 0 Å². The molecule has 0 bridgehead atoms. The first-order valence-electron chi connectivity index (χ1n) is 11.1. The minimum Gasteiger partial charge on any atom is -0.476 e. The van der Waals surface area contributed by atoms with Crippen LogP contribution in [0.3, 0.4) is 0 Å². The second-order valence-corrected chi connectivity index (χ2v) is 11.4. The van der Waals surface area contributed by atoms with Gasteiger partial charge in [-0.05, 0) is 74.6 Å². The van der Waals surface area contributed by atoms with Crippen LogP contribution in [0, 0.1) is 0 Å². The molecule has 180 valence electrons. The summed E-state index contributed by atoms with van der Waals surface area (Å²) < 4.78 is 15.8. The Labute approximate surface area is 206 Å². The van der Waals surface area contributed by atoms with Gasteiger partial charge < -0.3 is 14.2 Å². The van der Waals surface area contributed by atoms with Crippen LogP contribution in [0.4, 0.5) is 0 Å². The number of hydrogen-bond acceptors (Lipinski definition) is 7.